The Bertz CT molecular complexity index is 406. The second-order valence-electron chi connectivity index (χ2n) is 6.56. The van der Waals surface area contributed by atoms with E-state index in [2.05, 4.69) is 5.32 Å². The molecule has 1 aliphatic heterocycles. The molecule has 2 fully saturated rings. The predicted molar refractivity (Wildman–Crippen MR) is 78.2 cm³/mol. The lowest BCUT2D eigenvalue weighted by Crippen LogP contribution is -2.61. The molecular formula is C15H26N2O4. The van der Waals surface area contributed by atoms with Crippen LogP contribution < -0.4 is 5.32 Å². The molecule has 21 heavy (non-hydrogen) atoms. The first-order valence-electron chi connectivity index (χ1n) is 7.76. The first-order valence-corrected chi connectivity index (χ1v) is 7.76. The third kappa shape index (κ3) is 3.48. The van der Waals surface area contributed by atoms with Gasteiger partial charge in [-0.2, -0.15) is 0 Å². The number of methoxy groups -OCH3 is 1. The lowest BCUT2D eigenvalue weighted by atomic mass is 9.82. The maximum Gasteiger partial charge on any atom is 0.329 e. The number of piperidine rings is 1. The number of aliphatic carboxylic acids is 1. The maximum atomic E-state index is 12.5. The summed E-state index contributed by atoms with van der Waals surface area (Å²) >= 11 is 0. The summed E-state index contributed by atoms with van der Waals surface area (Å²) in [5.74, 6) is -0.915. The fourth-order valence-corrected chi connectivity index (χ4v) is 3.38. The quantitative estimate of drug-likeness (QED) is 0.835. The minimum absolute atomic E-state index is 0.276. The molecule has 1 saturated carbocycles. The number of amides is 2. The van der Waals surface area contributed by atoms with Gasteiger partial charge in [0.05, 0.1) is 12.1 Å². The Kier molecular flexibility index (Phi) is 4.76. The molecule has 1 aliphatic carbocycles. The van der Waals surface area contributed by atoms with Gasteiger partial charge < -0.3 is 20.1 Å². The molecule has 120 valence electrons. The number of carboxylic acid groups (broad SMARTS) is 1. The summed E-state index contributed by atoms with van der Waals surface area (Å²) in [6.07, 6.45) is 5.56. The van der Waals surface area contributed by atoms with Crippen LogP contribution in [0.25, 0.3) is 0 Å². The minimum atomic E-state index is -1.09. The Hall–Kier alpha value is -1.30. The molecule has 0 bridgehead atoms. The van der Waals surface area contributed by atoms with E-state index < -0.39 is 11.5 Å². The van der Waals surface area contributed by atoms with E-state index in [1.807, 2.05) is 6.92 Å². The van der Waals surface area contributed by atoms with Crippen molar-refractivity contribution >= 4 is 12.0 Å². The van der Waals surface area contributed by atoms with E-state index in [1.54, 1.807) is 12.0 Å². The van der Waals surface area contributed by atoms with E-state index in [9.17, 15) is 14.7 Å². The van der Waals surface area contributed by atoms with Crippen LogP contribution in [0.2, 0.25) is 0 Å². The third-order valence-corrected chi connectivity index (χ3v) is 4.90. The lowest BCUT2D eigenvalue weighted by molar-refractivity contribution is -0.146. The molecule has 0 aromatic carbocycles. The molecule has 0 aromatic heterocycles. The molecular weight excluding hydrogens is 272 g/mol. The van der Waals surface area contributed by atoms with Gasteiger partial charge >= 0.3 is 12.0 Å². The summed E-state index contributed by atoms with van der Waals surface area (Å²) < 4.78 is 5.48. The zero-order valence-electron chi connectivity index (χ0n) is 13.0. The van der Waals surface area contributed by atoms with Crippen LogP contribution in [0.4, 0.5) is 4.79 Å². The van der Waals surface area contributed by atoms with Crippen molar-refractivity contribution < 1.29 is 19.4 Å². The van der Waals surface area contributed by atoms with Crippen LogP contribution in [0.1, 0.15) is 51.9 Å². The zero-order valence-corrected chi connectivity index (χ0v) is 13.0. The van der Waals surface area contributed by atoms with Crippen LogP contribution >= 0.6 is 0 Å². The van der Waals surface area contributed by atoms with Gasteiger partial charge in [-0.3, -0.25) is 0 Å². The summed E-state index contributed by atoms with van der Waals surface area (Å²) in [6.45, 7) is 3.14. The number of carbonyl (C=O) groups excluding carboxylic acids is 1. The largest absolute Gasteiger partial charge is 0.480 e. The molecule has 6 heteroatoms. The standard InChI is InChI=1S/C15H26N2O4/c1-14(21-2)7-6-10-17(11-14)13(20)16-15(12(18)19)8-4-3-5-9-15/h3-11H2,1-2H3,(H,16,20)(H,18,19). The van der Waals surface area contributed by atoms with Crippen molar-refractivity contribution in [1.29, 1.82) is 0 Å². The second-order valence-corrected chi connectivity index (χ2v) is 6.56. The fraction of sp³-hybridized carbons (Fsp3) is 0.867. The van der Waals surface area contributed by atoms with Crippen LogP contribution in [0.3, 0.4) is 0 Å². The van der Waals surface area contributed by atoms with E-state index in [0.717, 1.165) is 32.1 Å². The van der Waals surface area contributed by atoms with Crippen molar-refractivity contribution in [2.45, 2.75) is 63.0 Å². The van der Waals surface area contributed by atoms with Crippen LogP contribution in [0.5, 0.6) is 0 Å². The average Bonchev–Trinajstić information content (AvgIpc) is 2.48. The Labute approximate surface area is 125 Å². The van der Waals surface area contributed by atoms with Crippen LogP contribution in [-0.2, 0) is 9.53 Å². The number of nitrogens with one attached hydrogen (secondary N) is 1. The van der Waals surface area contributed by atoms with Crippen molar-refractivity contribution in [3.05, 3.63) is 0 Å². The van der Waals surface area contributed by atoms with Crippen molar-refractivity contribution in [3.63, 3.8) is 0 Å². The van der Waals surface area contributed by atoms with Gasteiger partial charge in [0.15, 0.2) is 0 Å². The van der Waals surface area contributed by atoms with E-state index in [-0.39, 0.29) is 11.6 Å². The normalized spacial score (nSPS) is 29.0. The number of urea groups is 1. The Morgan fingerprint density at radius 1 is 1.14 bits per heavy atom. The minimum Gasteiger partial charge on any atom is -0.480 e. The zero-order chi connectivity index (χ0) is 15.5. The van der Waals surface area contributed by atoms with Gasteiger partial charge in [0.25, 0.3) is 0 Å². The topological polar surface area (TPSA) is 78.9 Å². The summed E-state index contributed by atoms with van der Waals surface area (Å²) in [4.78, 5) is 25.8. The van der Waals surface area contributed by atoms with Crippen molar-refractivity contribution in [1.82, 2.24) is 10.2 Å². The van der Waals surface area contributed by atoms with E-state index in [0.29, 0.717) is 25.9 Å². The first kappa shape index (κ1) is 16.1. The van der Waals surface area contributed by atoms with Gasteiger partial charge in [0, 0.05) is 13.7 Å². The highest BCUT2D eigenvalue weighted by Gasteiger charge is 2.43. The van der Waals surface area contributed by atoms with Gasteiger partial charge in [0.1, 0.15) is 5.54 Å². The first-order chi connectivity index (χ1) is 9.91. The van der Waals surface area contributed by atoms with Gasteiger partial charge in [-0.05, 0) is 32.6 Å². The lowest BCUT2D eigenvalue weighted by Gasteiger charge is -2.41. The van der Waals surface area contributed by atoms with Gasteiger partial charge in [-0.1, -0.05) is 19.3 Å². The molecule has 1 heterocycles. The number of carboxylic acids is 1. The smallest absolute Gasteiger partial charge is 0.329 e. The molecule has 2 rings (SSSR count). The third-order valence-electron chi connectivity index (χ3n) is 4.90. The summed E-state index contributed by atoms with van der Waals surface area (Å²) in [7, 11) is 1.65. The Morgan fingerprint density at radius 2 is 1.81 bits per heavy atom. The number of rotatable bonds is 3. The highest BCUT2D eigenvalue weighted by molar-refractivity contribution is 5.86. The number of hydrogen-bond acceptors (Lipinski definition) is 3. The number of carbonyl (C=O) groups is 2. The molecule has 0 spiro atoms. The van der Waals surface area contributed by atoms with E-state index in [1.165, 1.54) is 0 Å². The number of ether oxygens (including phenoxy) is 1. The SMILES string of the molecule is COC1(C)CCCN(C(=O)NC2(C(=O)O)CCCCC2)C1. The molecule has 0 radical (unpaired) electrons. The molecule has 1 atom stereocenters. The van der Waals surface area contributed by atoms with Gasteiger partial charge in [0.2, 0.25) is 0 Å². The molecule has 0 aromatic rings. The monoisotopic (exact) mass is 298 g/mol. The van der Waals surface area contributed by atoms with E-state index >= 15 is 0 Å². The molecule has 2 N–H and O–H groups in total. The fourth-order valence-electron chi connectivity index (χ4n) is 3.38. The van der Waals surface area contributed by atoms with Crippen LogP contribution in [0.15, 0.2) is 0 Å². The predicted octanol–water partition coefficient (Wildman–Crippen LogP) is 1.98. The summed E-state index contributed by atoms with van der Waals surface area (Å²) in [5, 5.41) is 12.3. The van der Waals surface area contributed by atoms with Crippen LogP contribution in [0, 0.1) is 0 Å². The highest BCUT2D eigenvalue weighted by Crippen LogP contribution is 2.30. The van der Waals surface area contributed by atoms with Crippen LogP contribution in [-0.4, -0.2) is 53.3 Å². The number of likely N-dealkylation sites (tertiary alicyclic amines) is 1. The molecule has 1 unspecified atom stereocenters. The number of hydrogen-bond donors (Lipinski definition) is 2. The van der Waals surface area contributed by atoms with Gasteiger partial charge in [-0.15, -0.1) is 0 Å². The van der Waals surface area contributed by atoms with Gasteiger partial charge in [-0.25, -0.2) is 9.59 Å². The molecule has 6 nitrogen and oxygen atoms in total. The van der Waals surface area contributed by atoms with Crippen molar-refractivity contribution in [3.8, 4) is 0 Å². The average molecular weight is 298 g/mol. The van der Waals surface area contributed by atoms with E-state index in [4.69, 9.17) is 4.74 Å². The summed E-state index contributed by atoms with van der Waals surface area (Å²) in [6, 6.07) is -0.276. The Morgan fingerprint density at radius 3 is 2.38 bits per heavy atom. The molecule has 2 amide bonds. The number of nitrogens with zero attached hydrogens (tertiary/aromatic N) is 1. The maximum absolute atomic E-state index is 12.5. The Balaban J connectivity index is 2.03. The second kappa shape index (κ2) is 6.22. The molecule has 2 aliphatic rings. The highest BCUT2D eigenvalue weighted by atomic mass is 16.5. The van der Waals surface area contributed by atoms with Crippen molar-refractivity contribution in [2.75, 3.05) is 20.2 Å². The summed E-state index contributed by atoms with van der Waals surface area (Å²) in [5.41, 5.74) is -1.42. The van der Waals surface area contributed by atoms with Crippen molar-refractivity contribution in [2.24, 2.45) is 0 Å². The molecule has 1 saturated heterocycles.